The largest absolute Gasteiger partial charge is 0.351 e. The molecule has 1 aromatic carbocycles. The molecule has 0 saturated heterocycles. The fourth-order valence-electron chi connectivity index (χ4n) is 4.03. The van der Waals surface area contributed by atoms with Gasteiger partial charge in [0, 0.05) is 34.3 Å². The Kier molecular flexibility index (Phi) is 8.96. The minimum absolute atomic E-state index is 0.114. The summed E-state index contributed by atoms with van der Waals surface area (Å²) in [5.41, 5.74) is 4.11. The lowest BCUT2D eigenvalue weighted by molar-refractivity contribution is -0.118. The molecule has 5 heteroatoms. The van der Waals surface area contributed by atoms with E-state index in [1.165, 1.54) is 41.7 Å². The first-order chi connectivity index (χ1) is 15.5. The van der Waals surface area contributed by atoms with Gasteiger partial charge in [-0.25, -0.2) is 0 Å². The van der Waals surface area contributed by atoms with Crippen molar-refractivity contribution in [2.24, 2.45) is 0 Å². The lowest BCUT2D eigenvalue weighted by Crippen LogP contribution is -2.29. The number of carbonyl (C=O) groups is 1. The molecule has 1 aliphatic rings. The monoisotopic (exact) mass is 484 g/mol. The summed E-state index contributed by atoms with van der Waals surface area (Å²) in [4.78, 5) is 18.0. The van der Waals surface area contributed by atoms with Crippen LogP contribution in [0.25, 0.3) is 0 Å². The predicted octanol–water partition coefficient (Wildman–Crippen LogP) is 7.13. The second-order valence-corrected chi connectivity index (χ2v) is 13.7. The van der Waals surface area contributed by atoms with Gasteiger partial charge in [-0.15, -0.1) is 23.5 Å². The Morgan fingerprint density at radius 3 is 2.21 bits per heavy atom. The Balaban J connectivity index is 1.64. The molecule has 1 saturated carbocycles. The maximum absolute atomic E-state index is 12.5. The number of amides is 1. The molecule has 3 nitrogen and oxygen atoms in total. The summed E-state index contributed by atoms with van der Waals surface area (Å²) in [7, 11) is 0. The van der Waals surface area contributed by atoms with Gasteiger partial charge in [-0.1, -0.05) is 66.5 Å². The van der Waals surface area contributed by atoms with Crippen molar-refractivity contribution in [3.05, 3.63) is 59.4 Å². The molecule has 1 amide bonds. The van der Waals surface area contributed by atoms with Crippen molar-refractivity contribution in [1.29, 1.82) is 0 Å². The van der Waals surface area contributed by atoms with Crippen LogP contribution in [0.15, 0.2) is 47.6 Å². The number of pyridine rings is 1. The van der Waals surface area contributed by atoms with Crippen molar-refractivity contribution in [3.8, 4) is 0 Å². The Hall–Kier alpha value is -1.46. The van der Waals surface area contributed by atoms with Crippen LogP contribution in [0.2, 0.25) is 0 Å². The van der Waals surface area contributed by atoms with Crippen LogP contribution in [0.4, 0.5) is 0 Å². The standard InChI is InChI=1S/C28H40N2OS2/c1-27(2,3)21-14-22(28(4,5)6)16-23(15-21)33-25-12-8-7-11-24(25)32-19-26(31)30-18-20-10-9-13-29-17-20/h9-10,13-17,24-25H,7-8,11-12,18-19H2,1-6H3,(H,30,31). The summed E-state index contributed by atoms with van der Waals surface area (Å²) in [6.45, 7) is 14.3. The molecule has 1 aromatic heterocycles. The Morgan fingerprint density at radius 2 is 1.64 bits per heavy atom. The molecule has 1 aliphatic carbocycles. The van der Waals surface area contributed by atoms with Gasteiger partial charge in [0.2, 0.25) is 5.91 Å². The van der Waals surface area contributed by atoms with E-state index in [4.69, 9.17) is 0 Å². The molecule has 180 valence electrons. The molecule has 0 spiro atoms. The van der Waals surface area contributed by atoms with Crippen LogP contribution in [0.1, 0.15) is 83.9 Å². The molecule has 0 radical (unpaired) electrons. The molecule has 0 bridgehead atoms. The van der Waals surface area contributed by atoms with E-state index in [1.54, 1.807) is 12.4 Å². The average molecular weight is 485 g/mol. The van der Waals surface area contributed by atoms with Crippen LogP contribution in [-0.2, 0) is 22.2 Å². The number of nitrogens with one attached hydrogen (secondary N) is 1. The van der Waals surface area contributed by atoms with Crippen molar-refractivity contribution >= 4 is 29.4 Å². The summed E-state index contributed by atoms with van der Waals surface area (Å²) in [6, 6.07) is 11.1. The summed E-state index contributed by atoms with van der Waals surface area (Å²) in [5, 5.41) is 4.12. The zero-order valence-electron chi connectivity index (χ0n) is 21.1. The number of rotatable bonds is 7. The summed E-state index contributed by atoms with van der Waals surface area (Å²) in [5.74, 6) is 0.639. The molecule has 33 heavy (non-hydrogen) atoms. The van der Waals surface area contributed by atoms with Gasteiger partial charge in [-0.05, 0) is 58.6 Å². The summed E-state index contributed by atoms with van der Waals surface area (Å²) in [6.07, 6.45) is 8.53. The Bertz CT molecular complexity index is 883. The van der Waals surface area contributed by atoms with Gasteiger partial charge in [-0.3, -0.25) is 9.78 Å². The van der Waals surface area contributed by atoms with Crippen LogP contribution < -0.4 is 5.32 Å². The van der Waals surface area contributed by atoms with Gasteiger partial charge in [0.1, 0.15) is 0 Å². The maximum atomic E-state index is 12.5. The summed E-state index contributed by atoms with van der Waals surface area (Å²) >= 11 is 3.87. The van der Waals surface area contributed by atoms with E-state index >= 15 is 0 Å². The number of hydrogen-bond acceptors (Lipinski definition) is 4. The van der Waals surface area contributed by atoms with Gasteiger partial charge in [-0.2, -0.15) is 0 Å². The van der Waals surface area contributed by atoms with E-state index in [1.807, 2.05) is 35.7 Å². The van der Waals surface area contributed by atoms with E-state index < -0.39 is 0 Å². The second-order valence-electron chi connectivity index (χ2n) is 11.2. The fraction of sp³-hybridized carbons (Fsp3) is 0.571. The van der Waals surface area contributed by atoms with E-state index in [0.29, 0.717) is 22.8 Å². The highest BCUT2D eigenvalue weighted by atomic mass is 32.2. The van der Waals surface area contributed by atoms with E-state index in [9.17, 15) is 4.79 Å². The zero-order valence-corrected chi connectivity index (χ0v) is 22.7. The van der Waals surface area contributed by atoms with Crippen LogP contribution in [-0.4, -0.2) is 27.1 Å². The first-order valence-corrected chi connectivity index (χ1v) is 14.0. The second kappa shape index (κ2) is 11.3. The van der Waals surface area contributed by atoms with E-state index in [2.05, 4.69) is 70.0 Å². The molecule has 0 aliphatic heterocycles. The topological polar surface area (TPSA) is 42.0 Å². The number of aromatic nitrogens is 1. The van der Waals surface area contributed by atoms with E-state index in [-0.39, 0.29) is 16.7 Å². The van der Waals surface area contributed by atoms with Gasteiger partial charge in [0.15, 0.2) is 0 Å². The number of carbonyl (C=O) groups excluding carboxylic acids is 1. The molecule has 2 aromatic rings. The van der Waals surface area contributed by atoms with Crippen molar-refractivity contribution in [3.63, 3.8) is 0 Å². The molecule has 1 fully saturated rings. The first-order valence-electron chi connectivity index (χ1n) is 12.1. The zero-order chi connectivity index (χ0) is 24.1. The van der Waals surface area contributed by atoms with Gasteiger partial charge in [0.25, 0.3) is 0 Å². The normalized spacial score (nSPS) is 19.3. The third kappa shape index (κ3) is 8.06. The molecule has 1 N–H and O–H groups in total. The predicted molar refractivity (Wildman–Crippen MR) is 144 cm³/mol. The maximum Gasteiger partial charge on any atom is 0.230 e. The number of nitrogens with zero attached hydrogens (tertiary/aromatic N) is 1. The quantitative estimate of drug-likeness (QED) is 0.454. The molecule has 3 rings (SSSR count). The highest BCUT2D eigenvalue weighted by Crippen LogP contribution is 2.42. The average Bonchev–Trinajstić information content (AvgIpc) is 2.76. The highest BCUT2D eigenvalue weighted by Gasteiger charge is 2.28. The van der Waals surface area contributed by atoms with Crippen molar-refractivity contribution in [1.82, 2.24) is 10.3 Å². The number of hydrogen-bond donors (Lipinski definition) is 1. The molecular weight excluding hydrogens is 444 g/mol. The molecular formula is C28H40N2OS2. The third-order valence-electron chi connectivity index (χ3n) is 6.21. The van der Waals surface area contributed by atoms with Crippen LogP contribution in [0, 0.1) is 0 Å². The lowest BCUT2D eigenvalue weighted by atomic mass is 9.81. The third-order valence-corrected chi connectivity index (χ3v) is 9.18. The van der Waals surface area contributed by atoms with Crippen LogP contribution >= 0.6 is 23.5 Å². The Labute approximate surface area is 209 Å². The van der Waals surface area contributed by atoms with Crippen LogP contribution in [0.3, 0.4) is 0 Å². The van der Waals surface area contributed by atoms with Crippen LogP contribution in [0.5, 0.6) is 0 Å². The smallest absolute Gasteiger partial charge is 0.230 e. The van der Waals surface area contributed by atoms with Crippen molar-refractivity contribution < 1.29 is 4.79 Å². The number of benzene rings is 1. The first kappa shape index (κ1) is 26.2. The Morgan fingerprint density at radius 1 is 1.00 bits per heavy atom. The fourth-order valence-corrected chi connectivity index (χ4v) is 6.90. The van der Waals surface area contributed by atoms with Gasteiger partial charge in [0.05, 0.1) is 5.75 Å². The van der Waals surface area contributed by atoms with Gasteiger partial charge >= 0.3 is 0 Å². The minimum Gasteiger partial charge on any atom is -0.351 e. The highest BCUT2D eigenvalue weighted by molar-refractivity contribution is 8.04. The van der Waals surface area contributed by atoms with Crippen molar-refractivity contribution in [2.45, 2.75) is 100.0 Å². The van der Waals surface area contributed by atoms with E-state index in [0.717, 1.165) is 5.56 Å². The van der Waals surface area contributed by atoms with Gasteiger partial charge < -0.3 is 5.32 Å². The SMILES string of the molecule is CC(C)(C)c1cc(SC2CCCCC2SCC(=O)NCc2cccnc2)cc(C(C)(C)C)c1. The lowest BCUT2D eigenvalue weighted by Gasteiger charge is -2.32. The number of thioether (sulfide) groups is 2. The van der Waals surface area contributed by atoms with Crippen molar-refractivity contribution in [2.75, 3.05) is 5.75 Å². The molecule has 2 atom stereocenters. The molecule has 1 heterocycles. The summed E-state index contributed by atoms with van der Waals surface area (Å²) < 4.78 is 0. The minimum atomic E-state index is 0.114. The molecule has 2 unspecified atom stereocenters.